The van der Waals surface area contributed by atoms with Crippen molar-refractivity contribution in [2.45, 2.75) is 59.7 Å². The maximum atomic E-state index is 11.7. The smallest absolute Gasteiger partial charge is 0.414 e. The molecule has 1 fully saturated rings. The van der Waals surface area contributed by atoms with Crippen LogP contribution >= 0.6 is 0 Å². The van der Waals surface area contributed by atoms with Crippen LogP contribution in [-0.2, 0) is 23.7 Å². The highest BCUT2D eigenvalue weighted by atomic mass is 16.6. The minimum Gasteiger partial charge on any atom is -0.444 e. The van der Waals surface area contributed by atoms with Crippen LogP contribution in [0.3, 0.4) is 0 Å². The second-order valence-electron chi connectivity index (χ2n) is 9.19. The Labute approximate surface area is 179 Å². The molecule has 0 bridgehead atoms. The number of hydrogen-bond donors (Lipinski definition) is 0. The Morgan fingerprint density at radius 3 is 2.03 bits per heavy atom. The first kappa shape index (κ1) is 25.9. The first-order valence-corrected chi connectivity index (χ1v) is 10.1. The van der Waals surface area contributed by atoms with Crippen molar-refractivity contribution < 1.29 is 33.3 Å². The van der Waals surface area contributed by atoms with Crippen LogP contribution in [-0.4, -0.2) is 85.0 Å². The molecule has 0 saturated carbocycles. The van der Waals surface area contributed by atoms with E-state index in [1.165, 1.54) is 4.90 Å². The third kappa shape index (κ3) is 11.2. The molecule has 0 aromatic rings. The van der Waals surface area contributed by atoms with Crippen molar-refractivity contribution >= 4 is 18.0 Å². The van der Waals surface area contributed by atoms with E-state index in [0.29, 0.717) is 32.9 Å². The quantitative estimate of drug-likeness (QED) is 0.585. The molecular formula is C21H36N2O7. The Morgan fingerprint density at radius 1 is 0.900 bits per heavy atom. The van der Waals surface area contributed by atoms with Crippen LogP contribution in [0.2, 0.25) is 0 Å². The number of ether oxygens (including phenoxy) is 4. The molecular weight excluding hydrogens is 392 g/mol. The molecule has 30 heavy (non-hydrogen) atoms. The van der Waals surface area contributed by atoms with E-state index in [1.54, 1.807) is 31.9 Å². The molecule has 9 nitrogen and oxygen atoms in total. The van der Waals surface area contributed by atoms with Gasteiger partial charge in [0.05, 0.1) is 32.9 Å². The number of nitrogens with zero attached hydrogens (tertiary/aromatic N) is 2. The zero-order valence-corrected chi connectivity index (χ0v) is 19.3. The number of ketones is 1. The van der Waals surface area contributed by atoms with Crippen LogP contribution < -0.4 is 0 Å². The van der Waals surface area contributed by atoms with Gasteiger partial charge >= 0.3 is 12.2 Å². The van der Waals surface area contributed by atoms with Gasteiger partial charge in [-0.15, -0.1) is 0 Å². The van der Waals surface area contributed by atoms with Gasteiger partial charge in [-0.25, -0.2) is 9.59 Å². The fraction of sp³-hybridized carbons (Fsp3) is 0.762. The number of amides is 2. The lowest BCUT2D eigenvalue weighted by atomic mass is 10.2. The highest BCUT2D eigenvalue weighted by molar-refractivity contribution is 5.85. The van der Waals surface area contributed by atoms with Gasteiger partial charge < -0.3 is 18.9 Å². The van der Waals surface area contributed by atoms with Crippen molar-refractivity contribution in [1.82, 2.24) is 9.80 Å². The Morgan fingerprint density at radius 2 is 1.43 bits per heavy atom. The van der Waals surface area contributed by atoms with E-state index in [9.17, 15) is 14.4 Å². The highest BCUT2D eigenvalue weighted by Gasteiger charge is 2.25. The number of rotatable bonds is 0. The molecule has 0 N–H and O–H groups in total. The van der Waals surface area contributed by atoms with Gasteiger partial charge in [0.1, 0.15) is 17.8 Å². The fourth-order valence-corrected chi connectivity index (χ4v) is 2.41. The van der Waals surface area contributed by atoms with E-state index in [4.69, 9.17) is 18.9 Å². The molecule has 0 aliphatic carbocycles. The molecule has 172 valence electrons. The van der Waals surface area contributed by atoms with E-state index < -0.39 is 17.3 Å². The lowest BCUT2D eigenvalue weighted by Crippen LogP contribution is -2.40. The van der Waals surface area contributed by atoms with E-state index in [-0.39, 0.29) is 25.0 Å². The summed E-state index contributed by atoms with van der Waals surface area (Å²) in [4.78, 5) is 37.5. The van der Waals surface area contributed by atoms with Gasteiger partial charge in [-0.1, -0.05) is 0 Å². The van der Waals surface area contributed by atoms with Gasteiger partial charge in [-0.2, -0.15) is 0 Å². The first-order chi connectivity index (χ1) is 13.8. The number of Topliss-reactive ketones (excluding diaryl/α,β-unsaturated/α-hetero) is 1. The fourth-order valence-electron chi connectivity index (χ4n) is 2.41. The van der Waals surface area contributed by atoms with Gasteiger partial charge in [-0.05, 0) is 54.0 Å². The largest absolute Gasteiger partial charge is 0.444 e. The van der Waals surface area contributed by atoms with Crippen molar-refractivity contribution in [2.75, 3.05) is 46.1 Å². The summed E-state index contributed by atoms with van der Waals surface area (Å²) < 4.78 is 20.7. The Balaban J connectivity index is 0.000000300. The van der Waals surface area contributed by atoms with E-state index in [2.05, 4.69) is 0 Å². The average Bonchev–Trinajstić information content (AvgIpc) is 2.92. The highest BCUT2D eigenvalue weighted by Crippen LogP contribution is 2.13. The molecule has 2 aliphatic heterocycles. The molecule has 0 unspecified atom stereocenters. The molecule has 0 atom stereocenters. The number of carbonyl (C=O) groups is 3. The molecule has 9 heteroatoms. The van der Waals surface area contributed by atoms with Crippen LogP contribution in [0.5, 0.6) is 0 Å². The van der Waals surface area contributed by atoms with E-state index in [0.717, 1.165) is 5.57 Å². The normalized spacial score (nSPS) is 18.4. The van der Waals surface area contributed by atoms with Crippen LogP contribution in [0.1, 0.15) is 48.5 Å². The van der Waals surface area contributed by atoms with Crippen molar-refractivity contribution in [3.05, 3.63) is 11.8 Å². The third-order valence-corrected chi connectivity index (χ3v) is 3.60. The topological polar surface area (TPSA) is 94.6 Å². The summed E-state index contributed by atoms with van der Waals surface area (Å²) in [6.07, 6.45) is 1.02. The van der Waals surface area contributed by atoms with Crippen molar-refractivity contribution in [3.63, 3.8) is 0 Å². The van der Waals surface area contributed by atoms with Crippen LogP contribution in [0.25, 0.3) is 0 Å². The molecule has 0 spiro atoms. The molecule has 2 aliphatic rings. The Kier molecular flexibility index (Phi) is 9.77. The SMILES string of the molecule is CC(C)(C)OC(=O)N1CCOCC(=O)C1.CC1=CN(C(=O)OC(C)(C)C)CCOC1. The number of hydrogen-bond acceptors (Lipinski definition) is 7. The third-order valence-electron chi connectivity index (χ3n) is 3.60. The zero-order chi connectivity index (χ0) is 22.9. The molecule has 1 saturated heterocycles. The molecule has 2 heterocycles. The lowest BCUT2D eigenvalue weighted by Gasteiger charge is -2.25. The summed E-state index contributed by atoms with van der Waals surface area (Å²) in [5.41, 5.74) is 0.0394. The minimum atomic E-state index is -0.534. The number of carbonyl (C=O) groups excluding carboxylic acids is 3. The van der Waals surface area contributed by atoms with Crippen molar-refractivity contribution in [2.24, 2.45) is 0 Å². The van der Waals surface area contributed by atoms with Gasteiger partial charge in [0.25, 0.3) is 0 Å². The minimum absolute atomic E-state index is 0.0783. The summed E-state index contributed by atoms with van der Waals surface area (Å²) in [5, 5.41) is 0. The standard InChI is InChI=1S/C11H19NO3.C10H17NO4/c1-9-7-12(5-6-14-8-9)10(13)15-11(2,3)4;1-10(2,3)15-9(13)11-4-5-14-7-8(12)6-11/h7H,5-6,8H2,1-4H3;4-7H2,1-3H3. The molecule has 0 radical (unpaired) electrons. The Hall–Kier alpha value is -2.13. The average molecular weight is 429 g/mol. The maximum absolute atomic E-state index is 11.7. The molecule has 0 aromatic carbocycles. The van der Waals surface area contributed by atoms with Crippen molar-refractivity contribution in [3.8, 4) is 0 Å². The van der Waals surface area contributed by atoms with Crippen LogP contribution in [0, 0.1) is 0 Å². The summed E-state index contributed by atoms with van der Waals surface area (Å²) in [7, 11) is 0. The van der Waals surface area contributed by atoms with Gasteiger partial charge in [0.2, 0.25) is 0 Å². The first-order valence-electron chi connectivity index (χ1n) is 10.1. The monoisotopic (exact) mass is 428 g/mol. The predicted octanol–water partition coefficient (Wildman–Crippen LogP) is 2.98. The van der Waals surface area contributed by atoms with Crippen LogP contribution in [0.15, 0.2) is 11.8 Å². The van der Waals surface area contributed by atoms with Crippen molar-refractivity contribution in [1.29, 1.82) is 0 Å². The van der Waals surface area contributed by atoms with E-state index >= 15 is 0 Å². The predicted molar refractivity (Wildman–Crippen MR) is 111 cm³/mol. The lowest BCUT2D eigenvalue weighted by molar-refractivity contribution is -0.122. The Bertz CT molecular complexity index is 632. The molecule has 0 aromatic heterocycles. The maximum Gasteiger partial charge on any atom is 0.414 e. The van der Waals surface area contributed by atoms with Gasteiger partial charge in [0, 0.05) is 12.7 Å². The zero-order valence-electron chi connectivity index (χ0n) is 19.3. The van der Waals surface area contributed by atoms with Crippen LogP contribution in [0.4, 0.5) is 9.59 Å². The molecule has 2 amide bonds. The van der Waals surface area contributed by atoms with Gasteiger partial charge in [0.15, 0.2) is 5.78 Å². The summed E-state index contributed by atoms with van der Waals surface area (Å²) in [6.45, 7) is 15.5. The second kappa shape index (κ2) is 11.3. The second-order valence-corrected chi connectivity index (χ2v) is 9.19. The summed E-state index contributed by atoms with van der Waals surface area (Å²) >= 11 is 0. The summed E-state index contributed by atoms with van der Waals surface area (Å²) in [5.74, 6) is -0.0987. The molecule has 2 rings (SSSR count). The van der Waals surface area contributed by atoms with Gasteiger partial charge in [-0.3, -0.25) is 14.6 Å². The summed E-state index contributed by atoms with van der Waals surface area (Å²) in [6, 6.07) is 0. The van der Waals surface area contributed by atoms with E-state index in [1.807, 2.05) is 27.7 Å².